The van der Waals surface area contributed by atoms with Gasteiger partial charge >= 0.3 is 7.12 Å². The quantitative estimate of drug-likeness (QED) is 0.134. The Kier molecular flexibility index (Phi) is 7.30. The summed E-state index contributed by atoms with van der Waals surface area (Å²) in [6, 6.07) is 53.1. The molecule has 0 aliphatic carbocycles. The Morgan fingerprint density at radius 1 is 0.440 bits per heavy atom. The van der Waals surface area contributed by atoms with E-state index in [1.807, 2.05) is 0 Å². The zero-order valence-corrected chi connectivity index (χ0v) is 30.2. The highest BCUT2D eigenvalue weighted by atomic mass is 79.9. The van der Waals surface area contributed by atoms with Gasteiger partial charge in [0.05, 0.1) is 11.2 Å². The molecule has 0 saturated carbocycles. The lowest BCUT2D eigenvalue weighted by Gasteiger charge is -2.32. The van der Waals surface area contributed by atoms with E-state index in [1.54, 1.807) is 0 Å². The largest absolute Gasteiger partial charge is 0.494 e. The van der Waals surface area contributed by atoms with Crippen molar-refractivity contribution in [2.75, 3.05) is 0 Å². The van der Waals surface area contributed by atoms with Gasteiger partial charge in [-0.2, -0.15) is 0 Å². The van der Waals surface area contributed by atoms with Crippen LogP contribution >= 0.6 is 15.9 Å². The summed E-state index contributed by atoms with van der Waals surface area (Å²) in [6.45, 7) is 8.44. The number of benzene rings is 8. The van der Waals surface area contributed by atoms with Crippen molar-refractivity contribution in [1.29, 1.82) is 0 Å². The van der Waals surface area contributed by atoms with E-state index >= 15 is 0 Å². The van der Waals surface area contributed by atoms with Gasteiger partial charge in [0.15, 0.2) is 0 Å². The molecule has 2 nitrogen and oxygen atoms in total. The molecule has 242 valence electrons. The highest BCUT2D eigenvalue weighted by Gasteiger charge is 2.51. The standard InChI is InChI=1S/C46H36BBrO2/c1-45(2)46(3,4)50-47(49-45)33-22-24-36-40(26-33)38(30-15-9-6-10-16-30)28-41-35-23-21-32(34-19-11-17-31-18-12-20-43(48)44(31)34)25-39(35)37(27-42(36)41)29-13-7-5-8-14-29/h5-28H,1-4H3. The van der Waals surface area contributed by atoms with E-state index in [2.05, 4.69) is 189 Å². The molecule has 50 heavy (non-hydrogen) atoms. The molecule has 9 rings (SSSR count). The maximum absolute atomic E-state index is 6.52. The molecule has 1 saturated heterocycles. The van der Waals surface area contributed by atoms with E-state index in [-0.39, 0.29) is 0 Å². The maximum atomic E-state index is 6.52. The van der Waals surface area contributed by atoms with Gasteiger partial charge in [-0.05, 0) is 129 Å². The zero-order valence-electron chi connectivity index (χ0n) is 28.6. The lowest BCUT2D eigenvalue weighted by atomic mass is 9.77. The first-order chi connectivity index (χ1) is 24.2. The molecule has 1 fully saturated rings. The number of halogens is 1. The molecule has 0 atom stereocenters. The minimum absolute atomic E-state index is 0.414. The predicted molar refractivity (Wildman–Crippen MR) is 216 cm³/mol. The first kappa shape index (κ1) is 31.3. The summed E-state index contributed by atoms with van der Waals surface area (Å²) >= 11 is 3.85. The Hall–Kier alpha value is -4.74. The predicted octanol–water partition coefficient (Wildman–Crippen LogP) is 12.4. The average Bonchev–Trinajstić information content (AvgIpc) is 3.36. The van der Waals surface area contributed by atoms with Crippen LogP contribution in [0, 0.1) is 0 Å². The first-order valence-corrected chi connectivity index (χ1v) is 18.1. The van der Waals surface area contributed by atoms with Gasteiger partial charge in [-0.3, -0.25) is 0 Å². The fraction of sp³-hybridized carbons (Fsp3) is 0.130. The second-order valence-corrected chi connectivity index (χ2v) is 15.3. The van der Waals surface area contributed by atoms with Gasteiger partial charge in [0.2, 0.25) is 0 Å². The Morgan fingerprint density at radius 2 is 0.980 bits per heavy atom. The van der Waals surface area contributed by atoms with Crippen molar-refractivity contribution in [2.45, 2.75) is 38.9 Å². The summed E-state index contributed by atoms with van der Waals surface area (Å²) in [4.78, 5) is 0. The summed E-state index contributed by atoms with van der Waals surface area (Å²) in [5.74, 6) is 0. The van der Waals surface area contributed by atoms with E-state index in [0.29, 0.717) is 0 Å². The van der Waals surface area contributed by atoms with Crippen LogP contribution in [0.5, 0.6) is 0 Å². The Labute approximate surface area is 302 Å². The van der Waals surface area contributed by atoms with Gasteiger partial charge in [0, 0.05) is 9.86 Å². The van der Waals surface area contributed by atoms with Crippen molar-refractivity contribution >= 4 is 71.6 Å². The van der Waals surface area contributed by atoms with Gasteiger partial charge in [0.1, 0.15) is 0 Å². The smallest absolute Gasteiger partial charge is 0.399 e. The van der Waals surface area contributed by atoms with E-state index in [1.165, 1.54) is 76.5 Å². The van der Waals surface area contributed by atoms with Crippen LogP contribution in [0.3, 0.4) is 0 Å². The second kappa shape index (κ2) is 11.7. The van der Waals surface area contributed by atoms with Gasteiger partial charge in [-0.15, -0.1) is 0 Å². The van der Waals surface area contributed by atoms with E-state index < -0.39 is 18.3 Å². The fourth-order valence-corrected chi connectivity index (χ4v) is 8.20. The molecule has 0 unspecified atom stereocenters. The monoisotopic (exact) mass is 710 g/mol. The molecular weight excluding hydrogens is 675 g/mol. The average molecular weight is 712 g/mol. The zero-order chi connectivity index (χ0) is 34.2. The maximum Gasteiger partial charge on any atom is 0.494 e. The number of rotatable bonds is 4. The molecule has 0 N–H and O–H groups in total. The van der Waals surface area contributed by atoms with Crippen molar-refractivity contribution in [3.05, 3.63) is 150 Å². The molecule has 1 heterocycles. The molecule has 1 aliphatic rings. The molecule has 8 aromatic rings. The highest BCUT2D eigenvalue weighted by molar-refractivity contribution is 9.10. The molecule has 0 bridgehead atoms. The third kappa shape index (κ3) is 5.00. The van der Waals surface area contributed by atoms with Crippen molar-refractivity contribution < 1.29 is 9.31 Å². The molecule has 1 aliphatic heterocycles. The topological polar surface area (TPSA) is 18.5 Å². The summed E-state index contributed by atoms with van der Waals surface area (Å²) in [5.41, 5.74) is 7.42. The van der Waals surface area contributed by atoms with Crippen LogP contribution in [-0.4, -0.2) is 18.3 Å². The summed E-state index contributed by atoms with van der Waals surface area (Å²) in [6.07, 6.45) is 0. The van der Waals surface area contributed by atoms with E-state index in [4.69, 9.17) is 9.31 Å². The molecule has 8 aromatic carbocycles. The van der Waals surface area contributed by atoms with Crippen LogP contribution in [0.15, 0.2) is 150 Å². The third-order valence-electron chi connectivity index (χ3n) is 11.0. The Morgan fingerprint density at radius 3 is 1.58 bits per heavy atom. The van der Waals surface area contributed by atoms with Crippen LogP contribution in [0.1, 0.15) is 27.7 Å². The van der Waals surface area contributed by atoms with E-state index in [9.17, 15) is 0 Å². The summed E-state index contributed by atoms with van der Waals surface area (Å²) < 4.78 is 14.1. The van der Waals surface area contributed by atoms with Crippen LogP contribution in [0.2, 0.25) is 0 Å². The molecule has 0 aromatic heterocycles. The Bertz CT molecular complexity index is 2590. The summed E-state index contributed by atoms with van der Waals surface area (Å²) in [5, 5.41) is 9.78. The fourth-order valence-electron chi connectivity index (χ4n) is 7.61. The molecule has 0 radical (unpaired) electrons. The van der Waals surface area contributed by atoms with Crippen LogP contribution in [0.25, 0.3) is 76.5 Å². The molecule has 0 amide bonds. The van der Waals surface area contributed by atoms with Crippen LogP contribution in [-0.2, 0) is 9.31 Å². The second-order valence-electron chi connectivity index (χ2n) is 14.5. The van der Waals surface area contributed by atoms with E-state index in [0.717, 1.165) is 9.94 Å². The van der Waals surface area contributed by atoms with Crippen molar-refractivity contribution in [3.63, 3.8) is 0 Å². The van der Waals surface area contributed by atoms with Crippen molar-refractivity contribution in [2.24, 2.45) is 0 Å². The Balaban J connectivity index is 1.35. The number of hydrogen-bond acceptors (Lipinski definition) is 2. The number of hydrogen-bond donors (Lipinski definition) is 0. The summed E-state index contributed by atoms with van der Waals surface area (Å²) in [7, 11) is -0.437. The number of fused-ring (bicyclic) bond motifs is 6. The van der Waals surface area contributed by atoms with Gasteiger partial charge < -0.3 is 9.31 Å². The highest BCUT2D eigenvalue weighted by Crippen LogP contribution is 2.44. The van der Waals surface area contributed by atoms with Crippen LogP contribution in [0.4, 0.5) is 0 Å². The third-order valence-corrected chi connectivity index (χ3v) is 11.6. The minimum Gasteiger partial charge on any atom is -0.399 e. The lowest BCUT2D eigenvalue weighted by Crippen LogP contribution is -2.41. The van der Waals surface area contributed by atoms with Crippen molar-refractivity contribution in [1.82, 2.24) is 0 Å². The first-order valence-electron chi connectivity index (χ1n) is 17.3. The van der Waals surface area contributed by atoms with Crippen LogP contribution < -0.4 is 5.46 Å². The minimum atomic E-state index is -0.437. The molecular formula is C46H36BBrO2. The lowest BCUT2D eigenvalue weighted by molar-refractivity contribution is 0.00578. The molecule has 0 spiro atoms. The van der Waals surface area contributed by atoms with Gasteiger partial charge in [-0.1, -0.05) is 137 Å². The van der Waals surface area contributed by atoms with Gasteiger partial charge in [-0.25, -0.2) is 0 Å². The normalized spacial score (nSPS) is 15.4. The molecule has 4 heteroatoms. The van der Waals surface area contributed by atoms with Gasteiger partial charge in [0.25, 0.3) is 0 Å². The van der Waals surface area contributed by atoms with Crippen molar-refractivity contribution in [3.8, 4) is 33.4 Å². The SMILES string of the molecule is CC1(C)OB(c2ccc3c(c2)c(-c2ccccc2)cc2c4ccc(-c5cccc6cccc(Br)c56)cc4c(-c4ccccc4)cc32)OC1(C)C.